The maximum absolute atomic E-state index is 11.0. The number of nitrogens with zero attached hydrogens (tertiary/aromatic N) is 1. The molecule has 0 saturated carbocycles. The fourth-order valence-corrected chi connectivity index (χ4v) is 1.21. The van der Waals surface area contributed by atoms with Gasteiger partial charge in [0.25, 0.3) is 0 Å². The van der Waals surface area contributed by atoms with Crippen LogP contribution >= 0.6 is 11.6 Å². The summed E-state index contributed by atoms with van der Waals surface area (Å²) >= 11 is 5.33. The van der Waals surface area contributed by atoms with Crippen molar-refractivity contribution in [3.63, 3.8) is 0 Å². The summed E-state index contributed by atoms with van der Waals surface area (Å²) in [5.41, 5.74) is 0.772. The van der Waals surface area contributed by atoms with E-state index in [-0.39, 0.29) is 5.88 Å². The van der Waals surface area contributed by atoms with E-state index in [4.69, 9.17) is 26.3 Å². The number of methoxy groups -OCH3 is 1. The van der Waals surface area contributed by atoms with Gasteiger partial charge in [0.05, 0.1) is 13.2 Å². The molecule has 17 heavy (non-hydrogen) atoms. The Balaban J connectivity index is 2.97. The molecule has 0 fully saturated rings. The number of nitriles is 1. The van der Waals surface area contributed by atoms with E-state index < -0.39 is 5.97 Å². The standard InChI is InChI=1S/C12H10ClNO3/c1-16-11-7-9(3-2-6-14)4-5-10(11)17-12(15)8-13/h2-5,7H,8H2,1H3/b3-2-. The minimum atomic E-state index is -0.551. The fourth-order valence-electron chi connectivity index (χ4n) is 1.16. The van der Waals surface area contributed by atoms with Crippen LogP contribution in [0.3, 0.4) is 0 Å². The molecule has 88 valence electrons. The van der Waals surface area contributed by atoms with Crippen molar-refractivity contribution in [1.29, 1.82) is 5.26 Å². The first-order valence-corrected chi connectivity index (χ1v) is 5.25. The van der Waals surface area contributed by atoms with Crippen LogP contribution in [0.1, 0.15) is 5.56 Å². The highest BCUT2D eigenvalue weighted by Crippen LogP contribution is 2.28. The number of alkyl halides is 1. The summed E-state index contributed by atoms with van der Waals surface area (Å²) in [6.07, 6.45) is 2.97. The molecule has 0 atom stereocenters. The average molecular weight is 252 g/mol. The second kappa shape index (κ2) is 6.56. The maximum Gasteiger partial charge on any atom is 0.326 e. The number of hydrogen-bond donors (Lipinski definition) is 0. The van der Waals surface area contributed by atoms with E-state index in [9.17, 15) is 4.79 Å². The Hall–Kier alpha value is -1.99. The molecule has 0 radical (unpaired) electrons. The van der Waals surface area contributed by atoms with Gasteiger partial charge in [-0.25, -0.2) is 0 Å². The van der Waals surface area contributed by atoms with Crippen LogP contribution in [0.2, 0.25) is 0 Å². The number of ether oxygens (including phenoxy) is 2. The van der Waals surface area contributed by atoms with Gasteiger partial charge >= 0.3 is 5.97 Å². The van der Waals surface area contributed by atoms with Crippen molar-refractivity contribution < 1.29 is 14.3 Å². The van der Waals surface area contributed by atoms with Gasteiger partial charge in [-0.1, -0.05) is 6.07 Å². The largest absolute Gasteiger partial charge is 0.493 e. The second-order valence-corrected chi connectivity index (χ2v) is 3.25. The molecule has 0 N–H and O–H groups in total. The van der Waals surface area contributed by atoms with E-state index in [0.29, 0.717) is 11.5 Å². The van der Waals surface area contributed by atoms with Crippen LogP contribution in [0.5, 0.6) is 11.5 Å². The minimum absolute atomic E-state index is 0.223. The number of hydrogen-bond acceptors (Lipinski definition) is 4. The highest BCUT2D eigenvalue weighted by atomic mass is 35.5. The molecule has 0 aliphatic carbocycles. The predicted molar refractivity (Wildman–Crippen MR) is 64.0 cm³/mol. The average Bonchev–Trinajstić information content (AvgIpc) is 2.37. The van der Waals surface area contributed by atoms with Crippen molar-refractivity contribution in [2.24, 2.45) is 0 Å². The first-order chi connectivity index (χ1) is 8.21. The van der Waals surface area contributed by atoms with Crippen molar-refractivity contribution in [3.05, 3.63) is 29.8 Å². The van der Waals surface area contributed by atoms with Crippen molar-refractivity contribution >= 4 is 23.6 Å². The van der Waals surface area contributed by atoms with Gasteiger partial charge in [0, 0.05) is 6.08 Å². The Labute approximate surface area is 104 Å². The van der Waals surface area contributed by atoms with Crippen LogP contribution in [0.4, 0.5) is 0 Å². The number of esters is 1. The Morgan fingerprint density at radius 3 is 2.88 bits per heavy atom. The smallest absolute Gasteiger partial charge is 0.326 e. The van der Waals surface area contributed by atoms with Crippen LogP contribution in [0, 0.1) is 11.3 Å². The molecule has 0 aliphatic heterocycles. The molecule has 0 aliphatic rings. The normalized spacial score (nSPS) is 9.94. The van der Waals surface area contributed by atoms with Crippen molar-refractivity contribution in [3.8, 4) is 17.6 Å². The van der Waals surface area contributed by atoms with E-state index in [2.05, 4.69) is 0 Å². The van der Waals surface area contributed by atoms with Gasteiger partial charge in [-0.15, -0.1) is 11.6 Å². The molecular formula is C12H10ClNO3. The molecule has 0 amide bonds. The van der Waals surface area contributed by atoms with E-state index >= 15 is 0 Å². The Bertz CT molecular complexity index is 477. The van der Waals surface area contributed by atoms with Crippen LogP contribution in [-0.2, 0) is 4.79 Å². The van der Waals surface area contributed by atoms with Gasteiger partial charge in [0.1, 0.15) is 5.88 Å². The highest BCUT2D eigenvalue weighted by molar-refractivity contribution is 6.26. The van der Waals surface area contributed by atoms with Crippen molar-refractivity contribution in [1.82, 2.24) is 0 Å². The topological polar surface area (TPSA) is 59.3 Å². The predicted octanol–water partition coefficient (Wildman–Crippen LogP) is 2.38. The van der Waals surface area contributed by atoms with Crippen molar-refractivity contribution in [2.75, 3.05) is 13.0 Å². The first-order valence-electron chi connectivity index (χ1n) is 4.72. The monoisotopic (exact) mass is 251 g/mol. The van der Waals surface area contributed by atoms with Crippen LogP contribution in [0.25, 0.3) is 6.08 Å². The molecule has 0 aromatic heterocycles. The summed E-state index contributed by atoms with van der Waals surface area (Å²) in [7, 11) is 1.46. The molecule has 4 nitrogen and oxygen atoms in total. The SMILES string of the molecule is COc1cc(/C=C\C#N)ccc1OC(=O)CCl. The van der Waals surface area contributed by atoms with Gasteiger partial charge in [-0.3, -0.25) is 4.79 Å². The lowest BCUT2D eigenvalue weighted by atomic mass is 10.2. The summed E-state index contributed by atoms with van der Waals surface area (Å²) < 4.78 is 10.0. The molecule has 0 heterocycles. The fraction of sp³-hybridized carbons (Fsp3) is 0.167. The number of carbonyl (C=O) groups is 1. The number of carbonyl (C=O) groups excluding carboxylic acids is 1. The van der Waals surface area contributed by atoms with Gasteiger partial charge < -0.3 is 9.47 Å². The lowest BCUT2D eigenvalue weighted by Gasteiger charge is -2.08. The Morgan fingerprint density at radius 1 is 1.53 bits per heavy atom. The first kappa shape index (κ1) is 13.1. The van der Waals surface area contributed by atoms with E-state index in [1.54, 1.807) is 24.3 Å². The molecule has 0 spiro atoms. The van der Waals surface area contributed by atoms with E-state index in [0.717, 1.165) is 5.56 Å². The molecular weight excluding hydrogens is 242 g/mol. The zero-order valence-electron chi connectivity index (χ0n) is 9.14. The maximum atomic E-state index is 11.0. The number of halogens is 1. The third-order valence-corrected chi connectivity index (χ3v) is 2.09. The zero-order valence-corrected chi connectivity index (χ0v) is 9.90. The van der Waals surface area contributed by atoms with E-state index in [1.807, 2.05) is 6.07 Å². The minimum Gasteiger partial charge on any atom is -0.493 e. The molecule has 1 aromatic rings. The zero-order chi connectivity index (χ0) is 12.7. The summed E-state index contributed by atoms with van der Waals surface area (Å²) in [4.78, 5) is 11.0. The molecule has 0 unspecified atom stereocenters. The second-order valence-electron chi connectivity index (χ2n) is 2.98. The summed E-state index contributed by atoms with van der Waals surface area (Å²) in [6, 6.07) is 6.83. The van der Waals surface area contributed by atoms with Gasteiger partial charge in [-0.05, 0) is 23.8 Å². The third kappa shape index (κ3) is 3.82. The molecule has 1 aromatic carbocycles. The number of benzene rings is 1. The molecule has 1 rings (SSSR count). The number of allylic oxidation sites excluding steroid dienone is 1. The van der Waals surface area contributed by atoms with Crippen LogP contribution in [-0.4, -0.2) is 19.0 Å². The van der Waals surface area contributed by atoms with Gasteiger partial charge in [-0.2, -0.15) is 5.26 Å². The quantitative estimate of drug-likeness (QED) is 0.357. The molecule has 0 bridgehead atoms. The Morgan fingerprint density at radius 2 is 2.29 bits per heavy atom. The molecule has 0 saturated heterocycles. The van der Waals surface area contributed by atoms with Gasteiger partial charge in [0.15, 0.2) is 11.5 Å². The summed E-state index contributed by atoms with van der Waals surface area (Å²) in [5.74, 6) is -0.0692. The lowest BCUT2D eigenvalue weighted by molar-refractivity contribution is -0.131. The van der Waals surface area contributed by atoms with Crippen LogP contribution < -0.4 is 9.47 Å². The van der Waals surface area contributed by atoms with E-state index in [1.165, 1.54) is 13.2 Å². The van der Waals surface area contributed by atoms with Crippen LogP contribution in [0.15, 0.2) is 24.3 Å². The summed E-state index contributed by atoms with van der Waals surface area (Å²) in [5, 5.41) is 8.41. The third-order valence-electron chi connectivity index (χ3n) is 1.87. The number of rotatable bonds is 4. The van der Waals surface area contributed by atoms with Gasteiger partial charge in [0.2, 0.25) is 0 Å². The Kier molecular flexibility index (Phi) is 5.05. The summed E-state index contributed by atoms with van der Waals surface area (Å²) in [6.45, 7) is 0. The highest BCUT2D eigenvalue weighted by Gasteiger charge is 2.09. The molecule has 5 heteroatoms. The lowest BCUT2D eigenvalue weighted by Crippen LogP contribution is -2.09. The van der Waals surface area contributed by atoms with Crippen molar-refractivity contribution in [2.45, 2.75) is 0 Å².